The highest BCUT2D eigenvalue weighted by Crippen LogP contribution is 2.12. The minimum Gasteiger partial charge on any atom is -0.469 e. The van der Waals surface area contributed by atoms with E-state index in [9.17, 15) is 0 Å². The van der Waals surface area contributed by atoms with Crippen molar-refractivity contribution in [3.63, 3.8) is 0 Å². The van der Waals surface area contributed by atoms with Crippen molar-refractivity contribution in [1.29, 1.82) is 0 Å². The van der Waals surface area contributed by atoms with Crippen LogP contribution in [0.2, 0.25) is 0 Å². The van der Waals surface area contributed by atoms with E-state index in [2.05, 4.69) is 63.2 Å². The van der Waals surface area contributed by atoms with Crippen molar-refractivity contribution in [3.8, 4) is 0 Å². The second-order valence-electron chi connectivity index (χ2n) is 8.27. The van der Waals surface area contributed by atoms with Crippen LogP contribution in [-0.2, 0) is 0 Å². The molecule has 0 amide bonds. The van der Waals surface area contributed by atoms with Gasteiger partial charge in [-0.05, 0) is 122 Å². The largest absolute Gasteiger partial charge is 0.469 e. The lowest BCUT2D eigenvalue weighted by atomic mass is 10.4. The first-order valence-electron chi connectivity index (χ1n) is 11.4. The predicted molar refractivity (Wildman–Crippen MR) is 156 cm³/mol. The van der Waals surface area contributed by atoms with Crippen molar-refractivity contribution in [3.05, 3.63) is 107 Å². The predicted octanol–water partition coefficient (Wildman–Crippen LogP) is 10.3. The summed E-state index contributed by atoms with van der Waals surface area (Å²) in [5.74, 6) is 2.95. The number of nitrogens with zero attached hydrogens (tertiary/aromatic N) is 1. The normalized spacial score (nSPS) is 9.43. The van der Waals surface area contributed by atoms with E-state index in [1.807, 2.05) is 70.4 Å². The van der Waals surface area contributed by atoms with Gasteiger partial charge in [0.1, 0.15) is 17.3 Å². The number of aryl methyl sites for hydroxylation is 10. The molecule has 0 aliphatic rings. The highest BCUT2D eigenvalue weighted by Gasteiger charge is 1.88. The third-order valence-electron chi connectivity index (χ3n) is 4.21. The third kappa shape index (κ3) is 15.2. The summed E-state index contributed by atoms with van der Waals surface area (Å²) < 4.78 is 10.0. The van der Waals surface area contributed by atoms with Crippen molar-refractivity contribution in [2.75, 3.05) is 0 Å². The van der Waals surface area contributed by atoms with E-state index in [4.69, 9.17) is 8.83 Å². The van der Waals surface area contributed by atoms with Crippen molar-refractivity contribution in [1.82, 2.24) is 4.98 Å². The Labute approximate surface area is 223 Å². The van der Waals surface area contributed by atoms with E-state index in [1.165, 1.54) is 30.6 Å². The molecule has 0 N–H and O–H groups in total. The van der Waals surface area contributed by atoms with Gasteiger partial charge < -0.3 is 8.83 Å². The van der Waals surface area contributed by atoms with Crippen LogP contribution >= 0.6 is 34.0 Å². The summed E-state index contributed by atoms with van der Waals surface area (Å²) in [7, 11) is 0. The number of furan rings is 2. The molecule has 6 heteroatoms. The first-order valence-corrected chi connectivity index (χ1v) is 13.9. The number of aromatic nitrogens is 1. The summed E-state index contributed by atoms with van der Waals surface area (Å²) in [5, 5.41) is 3.31. The van der Waals surface area contributed by atoms with Crippen LogP contribution in [0.3, 0.4) is 0 Å². The van der Waals surface area contributed by atoms with Gasteiger partial charge in [0, 0.05) is 25.7 Å². The van der Waals surface area contributed by atoms with Crippen LogP contribution in [0.15, 0.2) is 63.1 Å². The summed E-state index contributed by atoms with van der Waals surface area (Å²) in [6.07, 6.45) is 3.63. The van der Waals surface area contributed by atoms with Gasteiger partial charge in [-0.1, -0.05) is 0 Å². The molecule has 0 atom stereocenters. The monoisotopic (exact) mass is 529 g/mol. The number of rotatable bonds is 0. The minimum atomic E-state index is 0.984. The molecule has 190 valence electrons. The average Bonchev–Trinajstić information content (AvgIpc) is 3.59. The summed E-state index contributed by atoms with van der Waals surface area (Å²) in [6.45, 7) is 20.4. The van der Waals surface area contributed by atoms with Crippen molar-refractivity contribution in [2.24, 2.45) is 0 Å². The Bertz CT molecular complexity index is 916. The zero-order valence-corrected chi connectivity index (χ0v) is 25.1. The lowest BCUT2D eigenvalue weighted by Crippen LogP contribution is -1.57. The van der Waals surface area contributed by atoms with E-state index in [1.54, 1.807) is 28.9 Å². The summed E-state index contributed by atoms with van der Waals surface area (Å²) in [5.41, 5.74) is 2.57. The summed E-state index contributed by atoms with van der Waals surface area (Å²) in [6, 6.07) is 12.4. The molecular weight excluding hydrogens is 491 g/mol. The van der Waals surface area contributed by atoms with E-state index in [-0.39, 0.29) is 0 Å². The molecule has 5 aromatic rings. The Morgan fingerprint density at radius 3 is 1.34 bits per heavy atom. The number of thiophene rings is 2. The maximum atomic E-state index is 5.08. The highest BCUT2D eigenvalue weighted by molar-refractivity contribution is 7.12. The smallest absolute Gasteiger partial charge is 0.101 e. The molecule has 0 fully saturated rings. The lowest BCUT2D eigenvalue weighted by molar-refractivity contribution is 0.504. The van der Waals surface area contributed by atoms with Crippen LogP contribution in [0.1, 0.15) is 52.9 Å². The van der Waals surface area contributed by atoms with Gasteiger partial charge in [0.05, 0.1) is 11.3 Å². The van der Waals surface area contributed by atoms with Crippen LogP contribution in [0.5, 0.6) is 0 Å². The molecule has 0 aliphatic carbocycles. The van der Waals surface area contributed by atoms with Crippen molar-refractivity contribution >= 4 is 34.0 Å². The molecule has 0 saturated carbocycles. The third-order valence-corrected chi connectivity index (χ3v) is 6.93. The molecule has 0 saturated heterocycles. The molecular formula is C29H39NO2S3. The Morgan fingerprint density at radius 1 is 0.600 bits per heavy atom. The van der Waals surface area contributed by atoms with Gasteiger partial charge in [-0.25, -0.2) is 4.98 Å². The lowest BCUT2D eigenvalue weighted by Gasteiger charge is -1.76. The Balaban J connectivity index is 0.000000219. The van der Waals surface area contributed by atoms with E-state index >= 15 is 0 Å². The molecule has 0 unspecified atom stereocenters. The first kappa shape index (κ1) is 30.6. The van der Waals surface area contributed by atoms with Crippen LogP contribution < -0.4 is 0 Å². The van der Waals surface area contributed by atoms with Crippen LogP contribution in [0, 0.1) is 69.2 Å². The van der Waals surface area contributed by atoms with Gasteiger partial charge in [0.15, 0.2) is 0 Å². The van der Waals surface area contributed by atoms with Crippen LogP contribution in [0.25, 0.3) is 0 Å². The van der Waals surface area contributed by atoms with E-state index < -0.39 is 0 Å². The molecule has 0 spiro atoms. The fourth-order valence-electron chi connectivity index (χ4n) is 2.73. The van der Waals surface area contributed by atoms with Crippen molar-refractivity contribution in [2.45, 2.75) is 69.2 Å². The zero-order chi connectivity index (χ0) is 26.4. The fraction of sp³-hybridized carbons (Fsp3) is 0.345. The van der Waals surface area contributed by atoms with Gasteiger partial charge in [-0.15, -0.1) is 34.0 Å². The maximum Gasteiger partial charge on any atom is 0.101 e. The first-order chi connectivity index (χ1) is 16.4. The van der Waals surface area contributed by atoms with E-state index in [0.29, 0.717) is 0 Å². The molecule has 5 heterocycles. The highest BCUT2D eigenvalue weighted by atomic mass is 32.1. The van der Waals surface area contributed by atoms with Crippen molar-refractivity contribution < 1.29 is 8.83 Å². The molecule has 5 aromatic heterocycles. The van der Waals surface area contributed by atoms with Gasteiger partial charge >= 0.3 is 0 Å². The molecule has 5 rings (SSSR count). The Hall–Kier alpha value is -2.41. The maximum absolute atomic E-state index is 5.08. The zero-order valence-electron chi connectivity index (χ0n) is 22.7. The fourth-order valence-corrected chi connectivity index (χ4v) is 4.88. The topological polar surface area (TPSA) is 39.2 Å². The van der Waals surface area contributed by atoms with Gasteiger partial charge in [-0.3, -0.25) is 0 Å². The Kier molecular flexibility index (Phi) is 14.3. The standard InChI is InChI=1S/2C6H8O.2C6H8S.C5H7NS/c1-5-3-6(2)7-4-5;1-5-3-4-6(2)7-5;1-5-3-6(2)7-4-5;1-5-3-4-6(2)7-5;1-4-3-6-5(2)7-4/h4*3-4H,1-2H3;3H,1-2H3. The SMILES string of the molecule is Cc1ccc(C)o1.Cc1ccc(C)s1.Cc1cnc(C)s1.Cc1coc(C)c1.Cc1csc(C)c1. The Morgan fingerprint density at radius 2 is 1.20 bits per heavy atom. The quantitative estimate of drug-likeness (QED) is 0.200. The van der Waals surface area contributed by atoms with Gasteiger partial charge in [-0.2, -0.15) is 0 Å². The van der Waals surface area contributed by atoms with Gasteiger partial charge in [0.2, 0.25) is 0 Å². The second kappa shape index (κ2) is 16.3. The number of thiazole rings is 1. The summed E-state index contributed by atoms with van der Waals surface area (Å²) in [4.78, 5) is 9.53. The summed E-state index contributed by atoms with van der Waals surface area (Å²) >= 11 is 5.38. The van der Waals surface area contributed by atoms with E-state index in [0.717, 1.165) is 22.3 Å². The minimum absolute atomic E-state index is 0.984. The molecule has 35 heavy (non-hydrogen) atoms. The number of hydrogen-bond donors (Lipinski definition) is 0. The molecule has 0 aromatic carbocycles. The molecule has 0 bridgehead atoms. The van der Waals surface area contributed by atoms with Gasteiger partial charge in [0.25, 0.3) is 0 Å². The van der Waals surface area contributed by atoms with Crippen LogP contribution in [0.4, 0.5) is 0 Å². The van der Waals surface area contributed by atoms with Crippen LogP contribution in [-0.4, -0.2) is 4.98 Å². The average molecular weight is 530 g/mol. The second-order valence-corrected chi connectivity index (χ2v) is 12.3. The number of hydrogen-bond acceptors (Lipinski definition) is 6. The molecule has 0 aliphatic heterocycles. The molecule has 0 radical (unpaired) electrons. The molecule has 3 nitrogen and oxygen atoms in total.